The van der Waals surface area contributed by atoms with Crippen LogP contribution in [0, 0.1) is 11.8 Å². The third-order valence-corrected chi connectivity index (χ3v) is 8.55. The van der Waals surface area contributed by atoms with Gasteiger partial charge in [0, 0.05) is 23.4 Å². The first kappa shape index (κ1) is 24.4. The number of esters is 1. The van der Waals surface area contributed by atoms with Gasteiger partial charge in [-0.1, -0.05) is 80.3 Å². The number of fused-ring (bicyclic) bond motifs is 3. The highest BCUT2D eigenvalue weighted by Gasteiger charge is 2.37. The second-order valence-electron chi connectivity index (χ2n) is 10.8. The molecule has 0 saturated heterocycles. The van der Waals surface area contributed by atoms with Crippen molar-refractivity contribution in [1.29, 1.82) is 0 Å². The number of anilines is 2. The molecule has 3 aromatic rings. The first-order valence-electron chi connectivity index (χ1n) is 13.6. The summed E-state index contributed by atoms with van der Waals surface area (Å²) in [6.07, 6.45) is 7.67. The van der Waals surface area contributed by atoms with Gasteiger partial charge in [-0.2, -0.15) is 0 Å². The molecule has 38 heavy (non-hydrogen) atoms. The highest BCUT2D eigenvalue weighted by Crippen LogP contribution is 2.42. The predicted octanol–water partition coefficient (Wildman–Crippen LogP) is 6.17. The maximum atomic E-state index is 13.6. The highest BCUT2D eigenvalue weighted by atomic mass is 16.5. The van der Waals surface area contributed by atoms with E-state index < -0.39 is 5.97 Å². The van der Waals surface area contributed by atoms with Crippen LogP contribution in [0.25, 0.3) is 0 Å². The molecule has 3 aliphatic rings. The molecule has 0 bridgehead atoms. The number of hydrogen-bond acceptors (Lipinski definition) is 6. The van der Waals surface area contributed by atoms with E-state index >= 15 is 0 Å². The minimum atomic E-state index is -0.536. The summed E-state index contributed by atoms with van der Waals surface area (Å²) in [4.78, 5) is 40.7. The molecule has 0 aromatic heterocycles. The molecule has 3 aliphatic carbocycles. The van der Waals surface area contributed by atoms with Crippen LogP contribution in [0.5, 0.6) is 0 Å². The van der Waals surface area contributed by atoms with Crippen LogP contribution in [0.15, 0.2) is 60.7 Å². The van der Waals surface area contributed by atoms with Crippen LogP contribution in [-0.2, 0) is 11.3 Å². The summed E-state index contributed by atoms with van der Waals surface area (Å²) in [6, 6.07) is 18.1. The predicted molar refractivity (Wildman–Crippen MR) is 146 cm³/mol. The van der Waals surface area contributed by atoms with Gasteiger partial charge in [0.1, 0.15) is 6.10 Å². The number of ether oxygens (including phenoxy) is 1. The Balaban J connectivity index is 1.35. The normalized spacial score (nSPS) is 22.2. The largest absolute Gasteiger partial charge is 0.459 e. The fourth-order valence-electron chi connectivity index (χ4n) is 6.57. The molecule has 3 unspecified atom stereocenters. The van der Waals surface area contributed by atoms with E-state index in [9.17, 15) is 14.4 Å². The number of nitrogens with one attached hydrogen (secondary N) is 1. The fraction of sp³-hybridized carbons (Fsp3) is 0.344. The van der Waals surface area contributed by atoms with E-state index in [2.05, 4.69) is 5.32 Å². The Morgan fingerprint density at radius 1 is 0.842 bits per heavy atom. The average molecular weight is 509 g/mol. The smallest absolute Gasteiger partial charge is 0.340 e. The maximum absolute atomic E-state index is 13.6. The molecule has 0 heterocycles. The minimum absolute atomic E-state index is 0.00877. The molecule has 6 rings (SSSR count). The number of hydrogen-bond donors (Lipinski definition) is 2. The van der Waals surface area contributed by atoms with E-state index in [1.54, 1.807) is 30.3 Å². The molecular formula is C32H32N2O4. The van der Waals surface area contributed by atoms with Crippen molar-refractivity contribution >= 4 is 28.9 Å². The van der Waals surface area contributed by atoms with Gasteiger partial charge in [-0.15, -0.1) is 0 Å². The molecule has 6 heteroatoms. The quantitative estimate of drug-likeness (QED) is 0.247. The van der Waals surface area contributed by atoms with Gasteiger partial charge in [-0.05, 0) is 42.7 Å². The monoisotopic (exact) mass is 508 g/mol. The molecule has 3 atom stereocenters. The highest BCUT2D eigenvalue weighted by molar-refractivity contribution is 6.32. The zero-order valence-electron chi connectivity index (χ0n) is 21.4. The van der Waals surface area contributed by atoms with Crippen LogP contribution in [-0.4, -0.2) is 23.6 Å². The molecule has 6 nitrogen and oxygen atoms in total. The second kappa shape index (κ2) is 10.1. The number of nitrogen functional groups attached to an aromatic ring is 1. The van der Waals surface area contributed by atoms with Gasteiger partial charge in [0.15, 0.2) is 11.6 Å². The van der Waals surface area contributed by atoms with E-state index in [0.717, 1.165) is 30.7 Å². The lowest BCUT2D eigenvalue weighted by atomic mass is 9.70. The first-order valence-corrected chi connectivity index (χ1v) is 13.6. The summed E-state index contributed by atoms with van der Waals surface area (Å²) in [5.41, 5.74) is 8.98. The standard InChI is InChI=1S/C32H32N2O4/c33-29-25(32(37)38-22-15-14-20-10-4-5-11-21(20)16-22)17-26(34-18-19-8-2-1-3-9-19)27-28(29)31(36)24-13-7-6-12-23(24)30(27)35/h1-3,6-9,12-13,17,20-22,34H,4-5,10-11,14-16,18,33H2. The van der Waals surface area contributed by atoms with E-state index in [4.69, 9.17) is 10.5 Å². The number of rotatable bonds is 5. The van der Waals surface area contributed by atoms with E-state index in [1.807, 2.05) is 30.3 Å². The molecule has 0 amide bonds. The van der Waals surface area contributed by atoms with Crippen LogP contribution >= 0.6 is 0 Å². The lowest BCUT2D eigenvalue weighted by Crippen LogP contribution is -2.33. The number of carbonyl (C=O) groups is 3. The van der Waals surface area contributed by atoms with Crippen LogP contribution in [0.2, 0.25) is 0 Å². The van der Waals surface area contributed by atoms with Gasteiger partial charge in [0.05, 0.1) is 22.4 Å². The summed E-state index contributed by atoms with van der Waals surface area (Å²) in [5.74, 6) is 0.173. The molecule has 3 aromatic carbocycles. The Bertz CT molecular complexity index is 1410. The van der Waals surface area contributed by atoms with Gasteiger partial charge < -0.3 is 15.8 Å². The van der Waals surface area contributed by atoms with E-state index in [1.165, 1.54) is 25.7 Å². The van der Waals surface area contributed by atoms with Crippen LogP contribution in [0.3, 0.4) is 0 Å². The fourth-order valence-corrected chi connectivity index (χ4v) is 6.57. The lowest BCUT2D eigenvalue weighted by Gasteiger charge is -2.38. The molecular weight excluding hydrogens is 476 g/mol. The third kappa shape index (κ3) is 4.38. The summed E-state index contributed by atoms with van der Waals surface area (Å²) < 4.78 is 6.00. The van der Waals surface area contributed by atoms with Gasteiger partial charge in [-0.3, -0.25) is 9.59 Å². The van der Waals surface area contributed by atoms with E-state index in [0.29, 0.717) is 29.3 Å². The Morgan fingerprint density at radius 2 is 1.50 bits per heavy atom. The van der Waals surface area contributed by atoms with Crippen molar-refractivity contribution in [2.24, 2.45) is 11.8 Å². The van der Waals surface area contributed by atoms with Crippen LogP contribution in [0.4, 0.5) is 11.4 Å². The molecule has 194 valence electrons. The molecule has 0 aliphatic heterocycles. The Hall–Kier alpha value is -3.93. The van der Waals surface area contributed by atoms with Crippen molar-refractivity contribution in [3.63, 3.8) is 0 Å². The Labute approximate surface area is 222 Å². The summed E-state index contributed by atoms with van der Waals surface area (Å²) >= 11 is 0. The first-order chi connectivity index (χ1) is 18.5. The summed E-state index contributed by atoms with van der Waals surface area (Å²) in [7, 11) is 0. The zero-order valence-corrected chi connectivity index (χ0v) is 21.4. The molecule has 2 fully saturated rings. The number of benzene rings is 3. The van der Waals surface area contributed by atoms with Crippen molar-refractivity contribution in [2.75, 3.05) is 11.1 Å². The van der Waals surface area contributed by atoms with Gasteiger partial charge in [0.2, 0.25) is 0 Å². The van der Waals surface area contributed by atoms with Crippen molar-refractivity contribution in [3.05, 3.63) is 94.0 Å². The van der Waals surface area contributed by atoms with Gasteiger partial charge in [-0.25, -0.2) is 4.79 Å². The average Bonchev–Trinajstić information content (AvgIpc) is 2.95. The maximum Gasteiger partial charge on any atom is 0.340 e. The summed E-state index contributed by atoms with van der Waals surface area (Å²) in [5, 5.41) is 3.30. The molecule has 3 N–H and O–H groups in total. The summed E-state index contributed by atoms with van der Waals surface area (Å²) in [6.45, 7) is 0.417. The Kier molecular flexibility index (Phi) is 6.48. The van der Waals surface area contributed by atoms with Gasteiger partial charge >= 0.3 is 5.97 Å². The SMILES string of the molecule is Nc1c(C(=O)OC2CCC3CCCCC3C2)cc(NCc2ccccc2)c2c1C(=O)c1ccccc1C2=O. The minimum Gasteiger partial charge on any atom is -0.459 e. The number of nitrogens with two attached hydrogens (primary N) is 1. The topological polar surface area (TPSA) is 98.5 Å². The van der Waals surface area contributed by atoms with Crippen molar-refractivity contribution in [3.8, 4) is 0 Å². The number of carbonyl (C=O) groups excluding carboxylic acids is 3. The molecule has 0 spiro atoms. The van der Waals surface area contributed by atoms with Crippen molar-refractivity contribution < 1.29 is 19.1 Å². The zero-order chi connectivity index (χ0) is 26.2. The third-order valence-electron chi connectivity index (χ3n) is 8.55. The molecule has 0 radical (unpaired) electrons. The van der Waals surface area contributed by atoms with Gasteiger partial charge in [0.25, 0.3) is 0 Å². The molecule has 2 saturated carbocycles. The second-order valence-corrected chi connectivity index (χ2v) is 10.8. The van der Waals surface area contributed by atoms with Crippen molar-refractivity contribution in [1.82, 2.24) is 0 Å². The van der Waals surface area contributed by atoms with Crippen LogP contribution < -0.4 is 11.1 Å². The Morgan fingerprint density at radius 3 is 2.24 bits per heavy atom. The number of ketones is 2. The van der Waals surface area contributed by atoms with E-state index in [-0.39, 0.29) is 40.0 Å². The van der Waals surface area contributed by atoms with Crippen molar-refractivity contribution in [2.45, 2.75) is 57.6 Å². The lowest BCUT2D eigenvalue weighted by molar-refractivity contribution is -0.000834. The van der Waals surface area contributed by atoms with Crippen LogP contribution in [0.1, 0.15) is 92.7 Å².